The Labute approximate surface area is 265 Å². The summed E-state index contributed by atoms with van der Waals surface area (Å²) in [5, 5.41) is 7.75. The van der Waals surface area contributed by atoms with E-state index in [1.54, 1.807) is 0 Å². The molecule has 9 aromatic rings. The smallest absolute Gasteiger partial charge is 0.371 e. The number of anilines is 2. The van der Waals surface area contributed by atoms with Gasteiger partial charge in [-0.3, -0.25) is 0 Å². The van der Waals surface area contributed by atoms with E-state index in [4.69, 9.17) is 0 Å². The fraction of sp³-hybridized carbons (Fsp3) is 0.0769. The van der Waals surface area contributed by atoms with Crippen molar-refractivity contribution < 1.29 is 0 Å². The molecule has 6 aromatic carbocycles. The topological polar surface area (TPSA) is 16.3 Å². The molecule has 10 rings (SSSR count). The summed E-state index contributed by atoms with van der Waals surface area (Å²) in [6.07, 6.45) is 0. The molecule has 0 spiro atoms. The summed E-state index contributed by atoms with van der Waals surface area (Å²) < 4.78 is 7.50. The second-order valence-electron chi connectivity index (χ2n) is 12.4. The normalized spacial score (nSPS) is 13.5. The van der Waals surface area contributed by atoms with E-state index in [0.717, 1.165) is 0 Å². The van der Waals surface area contributed by atoms with Crippen LogP contribution in [0.3, 0.4) is 0 Å². The molecule has 0 saturated carbocycles. The van der Waals surface area contributed by atoms with E-state index < -0.39 is 0 Å². The highest BCUT2D eigenvalue weighted by Crippen LogP contribution is 2.44. The number of hydrogen-bond acceptors (Lipinski definition) is 3. The number of nitrogens with zero attached hydrogens (tertiary/aromatic N) is 4. The Morgan fingerprint density at radius 1 is 0.444 bits per heavy atom. The second kappa shape index (κ2) is 8.93. The second-order valence-corrected chi connectivity index (χ2v) is 13.5. The number of para-hydroxylation sites is 3. The molecule has 0 N–H and O–H groups in total. The molecule has 1 aliphatic heterocycles. The summed E-state index contributed by atoms with van der Waals surface area (Å²) in [7, 11) is 4.39. The number of aromatic nitrogens is 2. The Morgan fingerprint density at radius 2 is 0.889 bits per heavy atom. The van der Waals surface area contributed by atoms with Crippen molar-refractivity contribution in [2.75, 3.05) is 23.7 Å². The zero-order chi connectivity index (χ0) is 30.0. The number of rotatable bonds is 2. The first kappa shape index (κ1) is 25.2. The monoisotopic (exact) mass is 596 g/mol. The van der Waals surface area contributed by atoms with Crippen LogP contribution in [0.25, 0.3) is 75.2 Å². The molecule has 0 fully saturated rings. The van der Waals surface area contributed by atoms with Crippen LogP contribution in [0.15, 0.2) is 121 Å². The zero-order valence-corrected chi connectivity index (χ0v) is 26.1. The molecule has 3 aromatic heterocycles. The average molecular weight is 597 g/mol. The van der Waals surface area contributed by atoms with Crippen molar-refractivity contribution in [3.63, 3.8) is 0 Å². The minimum Gasteiger partial charge on any atom is -0.397 e. The standard InChI is InChI=1S/C39H29BN4S/c1-40-41(2)36-22-29-28-12-6-9-15-34(28)44(35(29)23-37(36)42(40)3)25-17-19-39-31(21-25)30-20-24(16-18-38(30)45-39)43-32-13-7-4-10-26(32)27-11-5-8-14-33(27)43/h4-23H,1-3H3. The van der Waals surface area contributed by atoms with E-state index in [-0.39, 0.29) is 0 Å². The minimum atomic E-state index is 0.323. The van der Waals surface area contributed by atoms with E-state index in [2.05, 4.69) is 161 Å². The Hall–Kier alpha value is -5.20. The maximum Gasteiger partial charge on any atom is 0.371 e. The van der Waals surface area contributed by atoms with Gasteiger partial charge in [0.2, 0.25) is 0 Å². The van der Waals surface area contributed by atoms with E-state index in [0.29, 0.717) is 6.98 Å². The summed E-state index contributed by atoms with van der Waals surface area (Å²) in [5.41, 5.74) is 9.91. The quantitative estimate of drug-likeness (QED) is 0.185. The summed E-state index contributed by atoms with van der Waals surface area (Å²) in [6.45, 7) is 2.59. The summed E-state index contributed by atoms with van der Waals surface area (Å²) in [6, 6.07) is 45.1. The molecule has 0 atom stereocenters. The van der Waals surface area contributed by atoms with E-state index in [9.17, 15) is 0 Å². The van der Waals surface area contributed by atoms with Gasteiger partial charge in [-0.15, -0.1) is 11.3 Å². The van der Waals surface area contributed by atoms with Crippen molar-refractivity contribution >= 4 is 93.5 Å². The molecule has 0 aliphatic carbocycles. The van der Waals surface area contributed by atoms with Gasteiger partial charge in [0.15, 0.2) is 0 Å². The predicted molar refractivity (Wildman–Crippen MR) is 196 cm³/mol. The Morgan fingerprint density at radius 3 is 1.42 bits per heavy atom. The summed E-state index contributed by atoms with van der Waals surface area (Å²) >= 11 is 1.87. The Bertz CT molecular complexity index is 2630. The first-order valence-corrected chi connectivity index (χ1v) is 16.4. The lowest BCUT2D eigenvalue weighted by atomic mass is 9.78. The van der Waals surface area contributed by atoms with Crippen LogP contribution in [0, 0.1) is 0 Å². The van der Waals surface area contributed by atoms with Gasteiger partial charge in [-0.2, -0.15) is 0 Å². The predicted octanol–water partition coefficient (Wildman–Crippen LogP) is 10.3. The van der Waals surface area contributed by atoms with E-state index in [1.807, 2.05) is 11.3 Å². The Kier molecular flexibility index (Phi) is 4.99. The van der Waals surface area contributed by atoms with Crippen LogP contribution in [-0.4, -0.2) is 30.2 Å². The maximum atomic E-state index is 2.46. The molecule has 214 valence electrons. The van der Waals surface area contributed by atoms with Crippen LogP contribution < -0.4 is 9.62 Å². The zero-order valence-electron chi connectivity index (χ0n) is 25.3. The lowest BCUT2D eigenvalue weighted by Gasteiger charge is -2.18. The molecule has 0 amide bonds. The largest absolute Gasteiger partial charge is 0.397 e. The molecule has 45 heavy (non-hydrogen) atoms. The van der Waals surface area contributed by atoms with Gasteiger partial charge in [0.05, 0.1) is 27.8 Å². The van der Waals surface area contributed by atoms with Gasteiger partial charge in [-0.1, -0.05) is 54.6 Å². The molecule has 4 heterocycles. The number of fused-ring (bicyclic) bond motifs is 10. The van der Waals surface area contributed by atoms with Gasteiger partial charge >= 0.3 is 6.98 Å². The molecular formula is C39H29BN4S. The molecule has 1 aliphatic rings. The molecule has 4 nitrogen and oxygen atoms in total. The highest BCUT2D eigenvalue weighted by atomic mass is 32.1. The summed E-state index contributed by atoms with van der Waals surface area (Å²) in [4.78, 5) is 4.75. The SMILES string of the molecule is CB1N(C)c2cc3c4ccccc4n(-c4ccc5sc6ccc(-n7c8ccccc8c8ccccc87)cc6c5c4)c3cc2N1C. The van der Waals surface area contributed by atoms with Gasteiger partial charge in [0.1, 0.15) is 0 Å². The summed E-state index contributed by atoms with van der Waals surface area (Å²) in [5.74, 6) is 0. The van der Waals surface area contributed by atoms with E-state index >= 15 is 0 Å². The first-order chi connectivity index (χ1) is 22.1. The van der Waals surface area contributed by atoms with E-state index in [1.165, 1.54) is 86.5 Å². The number of thiophene rings is 1. The molecule has 6 heteroatoms. The third-order valence-corrected chi connectivity index (χ3v) is 11.3. The molecular weight excluding hydrogens is 567 g/mol. The van der Waals surface area contributed by atoms with Gasteiger partial charge in [-0.05, 0) is 87.6 Å². The van der Waals surface area contributed by atoms with Gasteiger partial charge in [0, 0.05) is 58.8 Å². The van der Waals surface area contributed by atoms with Crippen LogP contribution in [0.1, 0.15) is 0 Å². The number of benzene rings is 6. The maximum absolute atomic E-state index is 2.46. The van der Waals surface area contributed by atoms with Crippen molar-refractivity contribution in [2.45, 2.75) is 6.82 Å². The Balaban J connectivity index is 1.23. The first-order valence-electron chi connectivity index (χ1n) is 15.5. The van der Waals surface area contributed by atoms with Crippen LogP contribution in [0.2, 0.25) is 6.82 Å². The lowest BCUT2D eigenvalue weighted by molar-refractivity contribution is 1.18. The third-order valence-electron chi connectivity index (χ3n) is 10.2. The van der Waals surface area contributed by atoms with Crippen molar-refractivity contribution in [3.8, 4) is 11.4 Å². The van der Waals surface area contributed by atoms with Crippen LogP contribution in [0.4, 0.5) is 11.4 Å². The lowest BCUT2D eigenvalue weighted by Crippen LogP contribution is -2.41. The van der Waals surface area contributed by atoms with Crippen molar-refractivity contribution in [1.82, 2.24) is 9.13 Å². The van der Waals surface area contributed by atoms with Crippen LogP contribution in [0.5, 0.6) is 0 Å². The van der Waals surface area contributed by atoms with Crippen molar-refractivity contribution in [2.24, 2.45) is 0 Å². The van der Waals surface area contributed by atoms with Crippen molar-refractivity contribution in [3.05, 3.63) is 121 Å². The fourth-order valence-electron chi connectivity index (χ4n) is 7.73. The molecule has 0 bridgehead atoms. The highest BCUT2D eigenvalue weighted by molar-refractivity contribution is 7.25. The van der Waals surface area contributed by atoms with Gasteiger partial charge in [-0.25, -0.2) is 0 Å². The molecule has 0 unspecified atom stereocenters. The minimum absolute atomic E-state index is 0.323. The average Bonchev–Trinajstić information content (AvgIpc) is 3.78. The molecule has 0 saturated heterocycles. The van der Waals surface area contributed by atoms with Crippen LogP contribution >= 0.6 is 11.3 Å². The van der Waals surface area contributed by atoms with Gasteiger partial charge < -0.3 is 18.8 Å². The molecule has 0 radical (unpaired) electrons. The van der Waals surface area contributed by atoms with Gasteiger partial charge in [0.25, 0.3) is 0 Å². The fourth-order valence-corrected chi connectivity index (χ4v) is 8.80. The number of hydrogen-bond donors (Lipinski definition) is 0. The van der Waals surface area contributed by atoms with Crippen molar-refractivity contribution in [1.29, 1.82) is 0 Å². The van der Waals surface area contributed by atoms with Crippen LogP contribution in [-0.2, 0) is 0 Å². The highest BCUT2D eigenvalue weighted by Gasteiger charge is 2.33. The third kappa shape index (κ3) is 3.32.